The van der Waals surface area contributed by atoms with Crippen LogP contribution in [0.3, 0.4) is 0 Å². The number of hydrogen-bond acceptors (Lipinski definition) is 6. The summed E-state index contributed by atoms with van der Waals surface area (Å²) in [6.07, 6.45) is 3.17. The van der Waals surface area contributed by atoms with Gasteiger partial charge in [0.25, 0.3) is 0 Å². The molecule has 7 heteroatoms. The van der Waals surface area contributed by atoms with Gasteiger partial charge in [-0.05, 0) is 19.3 Å². The minimum Gasteiger partial charge on any atom is -0.355 e. The van der Waals surface area contributed by atoms with Crippen molar-refractivity contribution in [3.05, 3.63) is 11.9 Å². The second-order valence-electron chi connectivity index (χ2n) is 5.09. The van der Waals surface area contributed by atoms with E-state index in [1.54, 1.807) is 11.0 Å². The van der Waals surface area contributed by atoms with E-state index in [1.807, 2.05) is 14.0 Å². The second kappa shape index (κ2) is 6.51. The highest BCUT2D eigenvalue weighted by molar-refractivity contribution is 5.80. The topological polar surface area (TPSA) is 96.2 Å². The van der Waals surface area contributed by atoms with Crippen molar-refractivity contribution >= 4 is 17.5 Å². The molecule has 0 bridgehead atoms. The first-order chi connectivity index (χ1) is 9.63. The van der Waals surface area contributed by atoms with Gasteiger partial charge in [-0.1, -0.05) is 6.92 Å². The molecule has 0 unspecified atom stereocenters. The Morgan fingerprint density at radius 2 is 2.25 bits per heavy atom. The Bertz CT molecular complexity index is 474. The molecular formula is C13H22N6O. The number of hydrazine groups is 1. The molecule has 1 heterocycles. The van der Waals surface area contributed by atoms with Gasteiger partial charge in [0.2, 0.25) is 5.91 Å². The largest absolute Gasteiger partial charge is 0.355 e. The summed E-state index contributed by atoms with van der Waals surface area (Å²) in [5, 5.41) is 2.85. The first kappa shape index (κ1) is 14.5. The SMILES string of the molecule is CCCNC(=O)CN(C)c1cc(NN)nc(C2CC2)n1. The number of likely N-dealkylation sites (N-methyl/N-ethyl adjacent to an activating group) is 1. The Morgan fingerprint density at radius 1 is 1.50 bits per heavy atom. The summed E-state index contributed by atoms with van der Waals surface area (Å²) in [4.78, 5) is 22.4. The first-order valence-corrected chi connectivity index (χ1v) is 6.97. The predicted molar refractivity (Wildman–Crippen MR) is 78.4 cm³/mol. The normalized spacial score (nSPS) is 13.9. The summed E-state index contributed by atoms with van der Waals surface area (Å²) < 4.78 is 0. The molecule has 0 radical (unpaired) electrons. The fraction of sp³-hybridized carbons (Fsp3) is 0.615. The van der Waals surface area contributed by atoms with Crippen molar-refractivity contribution in [3.63, 3.8) is 0 Å². The van der Waals surface area contributed by atoms with Crippen LogP contribution in [-0.4, -0.2) is 36.0 Å². The molecule has 1 aliphatic rings. The Labute approximate surface area is 118 Å². The van der Waals surface area contributed by atoms with Crippen molar-refractivity contribution in [2.45, 2.75) is 32.1 Å². The lowest BCUT2D eigenvalue weighted by molar-refractivity contribution is -0.119. The maximum absolute atomic E-state index is 11.7. The molecule has 4 N–H and O–H groups in total. The molecule has 1 aromatic heterocycles. The molecule has 0 atom stereocenters. The van der Waals surface area contributed by atoms with Gasteiger partial charge in [-0.3, -0.25) is 4.79 Å². The van der Waals surface area contributed by atoms with Crippen LogP contribution < -0.4 is 21.5 Å². The van der Waals surface area contributed by atoms with Crippen molar-refractivity contribution in [2.24, 2.45) is 5.84 Å². The Balaban J connectivity index is 2.06. The average molecular weight is 278 g/mol. The lowest BCUT2D eigenvalue weighted by Crippen LogP contribution is -2.36. The van der Waals surface area contributed by atoms with Crippen LogP contribution in [0.2, 0.25) is 0 Å². The van der Waals surface area contributed by atoms with E-state index in [1.165, 1.54) is 0 Å². The van der Waals surface area contributed by atoms with Crippen LogP contribution in [0.1, 0.15) is 37.9 Å². The predicted octanol–water partition coefficient (Wildman–Crippen LogP) is 0.602. The number of anilines is 2. The van der Waals surface area contributed by atoms with Crippen LogP contribution in [0.5, 0.6) is 0 Å². The van der Waals surface area contributed by atoms with Crippen LogP contribution in [0, 0.1) is 0 Å². The minimum atomic E-state index is -0.0109. The zero-order valence-electron chi connectivity index (χ0n) is 12.0. The lowest BCUT2D eigenvalue weighted by atomic mass is 10.3. The summed E-state index contributed by atoms with van der Waals surface area (Å²) in [6, 6.07) is 1.75. The number of aromatic nitrogens is 2. The molecule has 1 fully saturated rings. The highest BCUT2D eigenvalue weighted by Crippen LogP contribution is 2.38. The average Bonchev–Trinajstić information content (AvgIpc) is 3.29. The number of amides is 1. The highest BCUT2D eigenvalue weighted by atomic mass is 16.2. The summed E-state index contributed by atoms with van der Waals surface area (Å²) >= 11 is 0. The summed E-state index contributed by atoms with van der Waals surface area (Å²) in [5.41, 5.74) is 2.55. The van der Waals surface area contributed by atoms with Crippen LogP contribution in [0.15, 0.2) is 6.07 Å². The third-order valence-electron chi connectivity index (χ3n) is 3.16. The molecule has 1 amide bonds. The van der Waals surface area contributed by atoms with E-state index < -0.39 is 0 Å². The standard InChI is InChI=1S/C13H22N6O/c1-3-6-15-12(20)8-19(2)11-7-10(18-14)16-13(17-11)9-4-5-9/h7,9H,3-6,8,14H2,1-2H3,(H,15,20)(H,16,17,18). The van der Waals surface area contributed by atoms with E-state index in [2.05, 4.69) is 20.7 Å². The van der Waals surface area contributed by atoms with Gasteiger partial charge in [-0.2, -0.15) is 0 Å². The van der Waals surface area contributed by atoms with Gasteiger partial charge in [0.05, 0.1) is 6.54 Å². The van der Waals surface area contributed by atoms with E-state index in [0.29, 0.717) is 24.1 Å². The van der Waals surface area contributed by atoms with Crippen LogP contribution in [-0.2, 0) is 4.79 Å². The Morgan fingerprint density at radius 3 is 2.85 bits per heavy atom. The van der Waals surface area contributed by atoms with Gasteiger partial charge in [-0.15, -0.1) is 0 Å². The zero-order chi connectivity index (χ0) is 14.5. The number of nitrogens with zero attached hydrogens (tertiary/aromatic N) is 3. The van der Waals surface area contributed by atoms with E-state index in [4.69, 9.17) is 5.84 Å². The second-order valence-corrected chi connectivity index (χ2v) is 5.09. The van der Waals surface area contributed by atoms with Crippen molar-refractivity contribution in [3.8, 4) is 0 Å². The van der Waals surface area contributed by atoms with E-state index in [0.717, 1.165) is 25.1 Å². The van der Waals surface area contributed by atoms with E-state index in [9.17, 15) is 4.79 Å². The number of hydrogen-bond donors (Lipinski definition) is 3. The van der Waals surface area contributed by atoms with E-state index in [-0.39, 0.29) is 12.5 Å². The van der Waals surface area contributed by atoms with Crippen LogP contribution >= 0.6 is 0 Å². The van der Waals surface area contributed by atoms with Gasteiger partial charge >= 0.3 is 0 Å². The van der Waals surface area contributed by atoms with Crippen molar-refractivity contribution in [2.75, 3.05) is 30.5 Å². The monoisotopic (exact) mass is 278 g/mol. The number of carbonyl (C=O) groups is 1. The van der Waals surface area contributed by atoms with Crippen molar-refractivity contribution < 1.29 is 4.79 Å². The number of nitrogens with two attached hydrogens (primary N) is 1. The molecule has 2 rings (SSSR count). The third kappa shape index (κ3) is 3.80. The van der Waals surface area contributed by atoms with Gasteiger partial charge in [-0.25, -0.2) is 15.8 Å². The number of rotatable bonds is 7. The minimum absolute atomic E-state index is 0.0109. The van der Waals surface area contributed by atoms with Crippen LogP contribution in [0.25, 0.3) is 0 Å². The van der Waals surface area contributed by atoms with Crippen LogP contribution in [0.4, 0.5) is 11.6 Å². The van der Waals surface area contributed by atoms with Gasteiger partial charge < -0.3 is 15.6 Å². The maximum Gasteiger partial charge on any atom is 0.239 e. The summed E-state index contributed by atoms with van der Waals surface area (Å²) in [6.45, 7) is 2.99. The van der Waals surface area contributed by atoms with E-state index >= 15 is 0 Å². The smallest absolute Gasteiger partial charge is 0.239 e. The molecular weight excluding hydrogens is 256 g/mol. The molecule has 0 aliphatic heterocycles. The van der Waals surface area contributed by atoms with Gasteiger partial charge in [0, 0.05) is 25.6 Å². The Hall–Kier alpha value is -1.89. The highest BCUT2D eigenvalue weighted by Gasteiger charge is 2.27. The molecule has 20 heavy (non-hydrogen) atoms. The first-order valence-electron chi connectivity index (χ1n) is 6.97. The number of carbonyl (C=O) groups excluding carboxylic acids is 1. The molecule has 0 spiro atoms. The number of nitrogens with one attached hydrogen (secondary N) is 2. The zero-order valence-corrected chi connectivity index (χ0v) is 12.0. The molecule has 0 saturated heterocycles. The molecule has 1 aliphatic carbocycles. The van der Waals surface area contributed by atoms with Crippen molar-refractivity contribution in [1.82, 2.24) is 15.3 Å². The molecule has 1 saturated carbocycles. The van der Waals surface area contributed by atoms with Crippen molar-refractivity contribution in [1.29, 1.82) is 0 Å². The molecule has 110 valence electrons. The lowest BCUT2D eigenvalue weighted by Gasteiger charge is -2.19. The quantitative estimate of drug-likeness (QED) is 0.499. The summed E-state index contributed by atoms with van der Waals surface area (Å²) in [5.74, 6) is 7.95. The fourth-order valence-electron chi connectivity index (χ4n) is 1.86. The molecule has 7 nitrogen and oxygen atoms in total. The number of nitrogen functional groups attached to an aromatic ring is 1. The fourth-order valence-corrected chi connectivity index (χ4v) is 1.86. The summed E-state index contributed by atoms with van der Waals surface area (Å²) in [7, 11) is 1.84. The van der Waals surface area contributed by atoms with Gasteiger partial charge in [0.1, 0.15) is 17.5 Å². The molecule has 0 aromatic carbocycles. The third-order valence-corrected chi connectivity index (χ3v) is 3.16. The Kier molecular flexibility index (Phi) is 4.73. The molecule has 1 aromatic rings. The van der Waals surface area contributed by atoms with Gasteiger partial charge in [0.15, 0.2) is 0 Å². The maximum atomic E-state index is 11.7.